The van der Waals surface area contributed by atoms with Crippen molar-refractivity contribution >= 4 is 11.6 Å². The van der Waals surface area contributed by atoms with E-state index in [-0.39, 0.29) is 12.0 Å². The SMILES string of the molecule is CCn1nc(C)c(Cl)c1CC(O)C1COC(C)C1. The molecule has 102 valence electrons. The van der Waals surface area contributed by atoms with Gasteiger partial charge in [-0.05, 0) is 27.2 Å². The molecule has 2 heterocycles. The highest BCUT2D eigenvalue weighted by Crippen LogP contribution is 2.27. The summed E-state index contributed by atoms with van der Waals surface area (Å²) in [6.45, 7) is 7.37. The summed E-state index contributed by atoms with van der Waals surface area (Å²) in [7, 11) is 0. The lowest BCUT2D eigenvalue weighted by atomic mass is 9.96. The lowest BCUT2D eigenvalue weighted by molar-refractivity contribution is 0.0795. The first-order chi connectivity index (χ1) is 8.52. The number of ether oxygens (including phenoxy) is 1. The van der Waals surface area contributed by atoms with Crippen LogP contribution in [0, 0.1) is 12.8 Å². The Bertz CT molecular complexity index is 419. The Balaban J connectivity index is 2.09. The van der Waals surface area contributed by atoms with E-state index in [0.717, 1.165) is 24.4 Å². The van der Waals surface area contributed by atoms with E-state index in [9.17, 15) is 5.11 Å². The van der Waals surface area contributed by atoms with Gasteiger partial charge in [0.1, 0.15) is 0 Å². The molecule has 0 spiro atoms. The lowest BCUT2D eigenvalue weighted by Crippen LogP contribution is -2.24. The van der Waals surface area contributed by atoms with E-state index in [4.69, 9.17) is 16.3 Å². The summed E-state index contributed by atoms with van der Waals surface area (Å²) >= 11 is 6.25. The average Bonchev–Trinajstić information content (AvgIpc) is 2.88. The van der Waals surface area contributed by atoms with Crippen molar-refractivity contribution in [1.82, 2.24) is 9.78 Å². The van der Waals surface area contributed by atoms with Crippen LogP contribution in [0.1, 0.15) is 31.7 Å². The summed E-state index contributed by atoms with van der Waals surface area (Å²) in [6, 6.07) is 0. The van der Waals surface area contributed by atoms with Crippen molar-refractivity contribution in [2.45, 2.75) is 52.4 Å². The lowest BCUT2D eigenvalue weighted by Gasteiger charge is -2.17. The van der Waals surface area contributed by atoms with Gasteiger partial charge in [-0.25, -0.2) is 0 Å². The summed E-state index contributed by atoms with van der Waals surface area (Å²) in [6.07, 6.45) is 1.30. The molecule has 1 saturated heterocycles. The standard InChI is InChI=1S/C13H21ClN2O2/c1-4-16-11(13(14)9(3)15-16)6-12(17)10-5-8(2)18-7-10/h8,10,12,17H,4-7H2,1-3H3. The molecule has 5 heteroatoms. The molecule has 1 aliphatic rings. The summed E-state index contributed by atoms with van der Waals surface area (Å²) in [4.78, 5) is 0. The second-order valence-electron chi connectivity index (χ2n) is 5.07. The molecule has 1 fully saturated rings. The molecule has 3 atom stereocenters. The molecule has 1 aromatic rings. The number of hydrogen-bond donors (Lipinski definition) is 1. The first-order valence-corrected chi connectivity index (χ1v) is 6.92. The van der Waals surface area contributed by atoms with Gasteiger partial charge in [-0.15, -0.1) is 0 Å². The Kier molecular flexibility index (Phi) is 4.30. The molecule has 0 radical (unpaired) electrons. The fourth-order valence-electron chi connectivity index (χ4n) is 2.55. The Morgan fingerprint density at radius 2 is 2.33 bits per heavy atom. The first kappa shape index (κ1) is 13.8. The number of aliphatic hydroxyl groups excluding tert-OH is 1. The Labute approximate surface area is 113 Å². The van der Waals surface area contributed by atoms with E-state index in [2.05, 4.69) is 5.10 Å². The maximum atomic E-state index is 10.3. The molecule has 3 unspecified atom stereocenters. The smallest absolute Gasteiger partial charge is 0.0848 e. The maximum Gasteiger partial charge on any atom is 0.0848 e. The monoisotopic (exact) mass is 272 g/mol. The van der Waals surface area contributed by atoms with Crippen molar-refractivity contribution in [2.75, 3.05) is 6.61 Å². The van der Waals surface area contributed by atoms with Gasteiger partial charge in [0.05, 0.1) is 35.2 Å². The molecule has 0 saturated carbocycles. The second-order valence-corrected chi connectivity index (χ2v) is 5.45. The van der Waals surface area contributed by atoms with Gasteiger partial charge >= 0.3 is 0 Å². The van der Waals surface area contributed by atoms with Crippen LogP contribution in [-0.2, 0) is 17.7 Å². The van der Waals surface area contributed by atoms with Gasteiger partial charge in [-0.3, -0.25) is 4.68 Å². The van der Waals surface area contributed by atoms with Gasteiger partial charge in [0.25, 0.3) is 0 Å². The molecule has 18 heavy (non-hydrogen) atoms. The number of hydrogen-bond acceptors (Lipinski definition) is 3. The van der Waals surface area contributed by atoms with Crippen molar-refractivity contribution in [3.05, 3.63) is 16.4 Å². The molecule has 1 aromatic heterocycles. The Hall–Kier alpha value is -0.580. The summed E-state index contributed by atoms with van der Waals surface area (Å²) < 4.78 is 7.38. The van der Waals surface area contributed by atoms with E-state index in [1.54, 1.807) is 0 Å². The normalized spacial score (nSPS) is 25.6. The number of rotatable bonds is 4. The minimum Gasteiger partial charge on any atom is -0.392 e. The van der Waals surface area contributed by atoms with Gasteiger partial charge in [0, 0.05) is 18.9 Å². The topological polar surface area (TPSA) is 47.3 Å². The van der Waals surface area contributed by atoms with Crippen LogP contribution in [0.4, 0.5) is 0 Å². The Morgan fingerprint density at radius 1 is 1.61 bits per heavy atom. The number of aryl methyl sites for hydroxylation is 2. The van der Waals surface area contributed by atoms with Crippen LogP contribution >= 0.6 is 11.6 Å². The Morgan fingerprint density at radius 3 is 2.89 bits per heavy atom. The highest BCUT2D eigenvalue weighted by atomic mass is 35.5. The van der Waals surface area contributed by atoms with Gasteiger partial charge in [-0.2, -0.15) is 5.10 Å². The van der Waals surface area contributed by atoms with Gasteiger partial charge in [0.15, 0.2) is 0 Å². The van der Waals surface area contributed by atoms with E-state index in [0.29, 0.717) is 18.1 Å². The second kappa shape index (κ2) is 5.59. The number of nitrogens with zero attached hydrogens (tertiary/aromatic N) is 2. The highest BCUT2D eigenvalue weighted by molar-refractivity contribution is 6.31. The number of aliphatic hydroxyl groups is 1. The molecule has 4 nitrogen and oxygen atoms in total. The van der Waals surface area contributed by atoms with E-state index >= 15 is 0 Å². The van der Waals surface area contributed by atoms with Crippen LogP contribution in [0.3, 0.4) is 0 Å². The van der Waals surface area contributed by atoms with Crippen molar-refractivity contribution in [3.63, 3.8) is 0 Å². The van der Waals surface area contributed by atoms with Crippen LogP contribution < -0.4 is 0 Å². The number of aromatic nitrogens is 2. The zero-order valence-corrected chi connectivity index (χ0v) is 11.9. The largest absolute Gasteiger partial charge is 0.392 e. The summed E-state index contributed by atoms with van der Waals surface area (Å²) in [5.74, 6) is 0.205. The maximum absolute atomic E-state index is 10.3. The third kappa shape index (κ3) is 2.71. The molecule has 0 aromatic carbocycles. The molecule has 0 aliphatic carbocycles. The summed E-state index contributed by atoms with van der Waals surface area (Å²) in [5, 5.41) is 15.3. The molecule has 0 bridgehead atoms. The van der Waals surface area contributed by atoms with Gasteiger partial charge in [0.2, 0.25) is 0 Å². The molecular weight excluding hydrogens is 252 g/mol. The predicted molar refractivity (Wildman–Crippen MR) is 70.9 cm³/mol. The first-order valence-electron chi connectivity index (χ1n) is 6.54. The van der Waals surface area contributed by atoms with E-state index in [1.807, 2.05) is 25.5 Å². The quantitative estimate of drug-likeness (QED) is 0.914. The van der Waals surface area contributed by atoms with Crippen molar-refractivity contribution in [1.29, 1.82) is 0 Å². The van der Waals surface area contributed by atoms with Crippen molar-refractivity contribution < 1.29 is 9.84 Å². The van der Waals surface area contributed by atoms with Gasteiger partial charge < -0.3 is 9.84 Å². The van der Waals surface area contributed by atoms with Crippen molar-refractivity contribution in [3.8, 4) is 0 Å². The minimum absolute atomic E-state index is 0.205. The highest BCUT2D eigenvalue weighted by Gasteiger charge is 2.30. The van der Waals surface area contributed by atoms with Gasteiger partial charge in [-0.1, -0.05) is 11.6 Å². The van der Waals surface area contributed by atoms with Crippen LogP contribution in [0.15, 0.2) is 0 Å². The fraction of sp³-hybridized carbons (Fsp3) is 0.769. The van der Waals surface area contributed by atoms with E-state index in [1.165, 1.54) is 0 Å². The zero-order valence-electron chi connectivity index (χ0n) is 11.2. The molecule has 1 N–H and O–H groups in total. The van der Waals surface area contributed by atoms with Crippen LogP contribution in [0.25, 0.3) is 0 Å². The molecule has 2 rings (SSSR count). The number of halogens is 1. The predicted octanol–water partition coefficient (Wildman–Crippen LogP) is 2.19. The van der Waals surface area contributed by atoms with Crippen molar-refractivity contribution in [2.24, 2.45) is 5.92 Å². The van der Waals surface area contributed by atoms with Crippen LogP contribution in [0.5, 0.6) is 0 Å². The van der Waals surface area contributed by atoms with Crippen LogP contribution in [-0.4, -0.2) is 33.7 Å². The average molecular weight is 273 g/mol. The summed E-state index contributed by atoms with van der Waals surface area (Å²) in [5.41, 5.74) is 1.76. The fourth-order valence-corrected chi connectivity index (χ4v) is 2.76. The minimum atomic E-state index is -0.408. The molecular formula is C13H21ClN2O2. The van der Waals surface area contributed by atoms with Crippen LogP contribution in [0.2, 0.25) is 5.02 Å². The molecule has 0 amide bonds. The third-order valence-electron chi connectivity index (χ3n) is 3.63. The third-order valence-corrected chi connectivity index (χ3v) is 4.12. The van der Waals surface area contributed by atoms with E-state index < -0.39 is 6.10 Å². The molecule has 1 aliphatic heterocycles. The zero-order chi connectivity index (χ0) is 13.3.